The number of ether oxygens (including phenoxy) is 1. The first-order chi connectivity index (χ1) is 7.67. The zero-order chi connectivity index (χ0) is 12.0. The van der Waals surface area contributed by atoms with Crippen molar-refractivity contribution in [3.63, 3.8) is 0 Å². The minimum atomic E-state index is -0.502. The van der Waals surface area contributed by atoms with Crippen molar-refractivity contribution in [2.75, 3.05) is 26.7 Å². The highest BCUT2D eigenvalue weighted by Gasteiger charge is 2.18. The van der Waals surface area contributed by atoms with Crippen LogP contribution in [0.5, 0.6) is 0 Å². The molecule has 0 aliphatic carbocycles. The van der Waals surface area contributed by atoms with Crippen molar-refractivity contribution in [2.45, 2.75) is 19.8 Å². The summed E-state index contributed by atoms with van der Waals surface area (Å²) in [7, 11) is 2.05. The summed E-state index contributed by atoms with van der Waals surface area (Å²) in [5.41, 5.74) is 0.141. The second-order valence-corrected chi connectivity index (χ2v) is 4.08. The van der Waals surface area contributed by atoms with E-state index in [1.807, 2.05) is 6.07 Å². The predicted octanol–water partition coefficient (Wildman–Crippen LogP) is 1.34. The number of esters is 1. The number of nitriles is 1. The number of carbonyl (C=O) groups is 1. The van der Waals surface area contributed by atoms with E-state index in [-0.39, 0.29) is 11.5 Å². The second kappa shape index (κ2) is 6.29. The van der Waals surface area contributed by atoms with Crippen molar-refractivity contribution in [2.24, 2.45) is 5.92 Å². The van der Waals surface area contributed by atoms with Gasteiger partial charge >= 0.3 is 5.97 Å². The van der Waals surface area contributed by atoms with Crippen molar-refractivity contribution < 1.29 is 9.53 Å². The van der Waals surface area contributed by atoms with Crippen LogP contribution < -0.4 is 0 Å². The molecule has 0 aromatic rings. The van der Waals surface area contributed by atoms with Gasteiger partial charge in [-0.3, -0.25) is 0 Å². The molecule has 0 spiro atoms. The zero-order valence-electron chi connectivity index (χ0n) is 9.90. The molecule has 1 heterocycles. The van der Waals surface area contributed by atoms with Gasteiger partial charge in [-0.15, -0.1) is 0 Å². The maximum Gasteiger partial charge on any atom is 0.348 e. The van der Waals surface area contributed by atoms with E-state index in [1.54, 1.807) is 13.0 Å². The highest BCUT2D eigenvalue weighted by molar-refractivity contribution is 5.92. The Morgan fingerprint density at radius 2 is 2.44 bits per heavy atom. The second-order valence-electron chi connectivity index (χ2n) is 4.08. The van der Waals surface area contributed by atoms with E-state index in [9.17, 15) is 4.79 Å². The molecule has 1 fully saturated rings. The van der Waals surface area contributed by atoms with Crippen LogP contribution in [0.4, 0.5) is 0 Å². The smallest absolute Gasteiger partial charge is 0.348 e. The summed E-state index contributed by atoms with van der Waals surface area (Å²) in [6.45, 7) is 4.04. The predicted molar refractivity (Wildman–Crippen MR) is 60.6 cm³/mol. The number of hydrogen-bond acceptors (Lipinski definition) is 4. The lowest BCUT2D eigenvalue weighted by Gasteiger charge is -2.27. The standard InChI is InChI=1S/C12H18N2O2/c1-3-16-12(15)11(8-13)7-10-5-4-6-14(2)9-10/h7,10H,3-6,9H2,1-2H3/b11-7-/t10-/m0/s1. The van der Waals surface area contributed by atoms with Gasteiger partial charge in [0, 0.05) is 6.54 Å². The number of rotatable bonds is 3. The highest BCUT2D eigenvalue weighted by atomic mass is 16.5. The maximum absolute atomic E-state index is 11.4. The number of piperidine rings is 1. The van der Waals surface area contributed by atoms with Gasteiger partial charge in [-0.05, 0) is 39.3 Å². The Bertz CT molecular complexity index is 317. The summed E-state index contributed by atoms with van der Waals surface area (Å²) in [5, 5.41) is 8.89. The third kappa shape index (κ3) is 3.67. The molecule has 88 valence electrons. The van der Waals surface area contributed by atoms with E-state index in [1.165, 1.54) is 0 Å². The van der Waals surface area contributed by atoms with Crippen LogP contribution in [-0.2, 0) is 9.53 Å². The van der Waals surface area contributed by atoms with Crippen LogP contribution in [0.2, 0.25) is 0 Å². The van der Waals surface area contributed by atoms with Gasteiger partial charge in [-0.2, -0.15) is 5.26 Å². The van der Waals surface area contributed by atoms with Crippen LogP contribution in [0.25, 0.3) is 0 Å². The Kier molecular flexibility index (Phi) is 5.00. The lowest BCUT2D eigenvalue weighted by molar-refractivity contribution is -0.138. The minimum absolute atomic E-state index is 0.141. The lowest BCUT2D eigenvalue weighted by atomic mass is 9.96. The van der Waals surface area contributed by atoms with Crippen LogP contribution in [0.1, 0.15) is 19.8 Å². The Morgan fingerprint density at radius 3 is 3.00 bits per heavy atom. The fourth-order valence-corrected chi connectivity index (χ4v) is 1.94. The van der Waals surface area contributed by atoms with Crippen LogP contribution in [0, 0.1) is 17.2 Å². The molecule has 0 saturated carbocycles. The molecule has 1 aliphatic heterocycles. The lowest BCUT2D eigenvalue weighted by Crippen LogP contribution is -2.31. The molecule has 0 aromatic carbocycles. The molecular formula is C12H18N2O2. The average Bonchev–Trinajstić information content (AvgIpc) is 2.26. The Balaban J connectivity index is 2.64. The summed E-state index contributed by atoms with van der Waals surface area (Å²) >= 11 is 0. The molecule has 0 N–H and O–H groups in total. The van der Waals surface area contributed by atoms with Gasteiger partial charge in [-0.1, -0.05) is 6.08 Å². The van der Waals surface area contributed by atoms with E-state index in [2.05, 4.69) is 11.9 Å². The first-order valence-corrected chi connectivity index (χ1v) is 5.65. The molecular weight excluding hydrogens is 204 g/mol. The van der Waals surface area contributed by atoms with Gasteiger partial charge in [0.05, 0.1) is 6.61 Å². The van der Waals surface area contributed by atoms with Crippen LogP contribution in [0.15, 0.2) is 11.6 Å². The zero-order valence-corrected chi connectivity index (χ0v) is 9.90. The van der Waals surface area contributed by atoms with Crippen molar-refractivity contribution in [1.29, 1.82) is 5.26 Å². The molecule has 0 aromatic heterocycles. The van der Waals surface area contributed by atoms with Gasteiger partial charge in [0.25, 0.3) is 0 Å². The van der Waals surface area contributed by atoms with Crippen molar-refractivity contribution in [3.8, 4) is 6.07 Å². The van der Waals surface area contributed by atoms with Gasteiger partial charge in [0.15, 0.2) is 0 Å². The summed E-state index contributed by atoms with van der Waals surface area (Å²) in [5.74, 6) is -0.212. The van der Waals surface area contributed by atoms with Crippen LogP contribution in [-0.4, -0.2) is 37.6 Å². The average molecular weight is 222 g/mol. The summed E-state index contributed by atoms with van der Waals surface area (Å²) in [4.78, 5) is 13.6. The summed E-state index contributed by atoms with van der Waals surface area (Å²) in [6, 6.07) is 1.92. The third-order valence-corrected chi connectivity index (χ3v) is 2.68. The van der Waals surface area contributed by atoms with Crippen molar-refractivity contribution in [1.82, 2.24) is 4.90 Å². The number of carbonyl (C=O) groups excluding carboxylic acids is 1. The fourth-order valence-electron chi connectivity index (χ4n) is 1.94. The Labute approximate surface area is 96.5 Å². The van der Waals surface area contributed by atoms with Crippen molar-refractivity contribution >= 4 is 5.97 Å². The van der Waals surface area contributed by atoms with E-state index < -0.39 is 5.97 Å². The van der Waals surface area contributed by atoms with E-state index in [4.69, 9.17) is 10.00 Å². The molecule has 0 radical (unpaired) electrons. The molecule has 0 amide bonds. The first kappa shape index (κ1) is 12.7. The molecule has 4 heteroatoms. The van der Waals surface area contributed by atoms with Crippen LogP contribution >= 0.6 is 0 Å². The van der Waals surface area contributed by atoms with E-state index >= 15 is 0 Å². The van der Waals surface area contributed by atoms with E-state index in [0.29, 0.717) is 6.61 Å². The number of hydrogen-bond donors (Lipinski definition) is 0. The SMILES string of the molecule is CCOC(=O)/C(C#N)=C\[C@@H]1CCCN(C)C1. The molecule has 16 heavy (non-hydrogen) atoms. The van der Waals surface area contributed by atoms with Crippen molar-refractivity contribution in [3.05, 3.63) is 11.6 Å². The molecule has 4 nitrogen and oxygen atoms in total. The third-order valence-electron chi connectivity index (χ3n) is 2.68. The largest absolute Gasteiger partial charge is 0.462 e. The Morgan fingerprint density at radius 1 is 1.69 bits per heavy atom. The summed E-state index contributed by atoms with van der Waals surface area (Å²) in [6.07, 6.45) is 3.90. The van der Waals surface area contributed by atoms with E-state index in [0.717, 1.165) is 25.9 Å². The molecule has 1 atom stereocenters. The number of likely N-dealkylation sites (tertiary alicyclic amines) is 1. The molecule has 1 aliphatic rings. The molecule has 1 saturated heterocycles. The summed E-state index contributed by atoms with van der Waals surface area (Å²) < 4.78 is 4.82. The first-order valence-electron chi connectivity index (χ1n) is 5.65. The normalized spacial score (nSPS) is 22.6. The van der Waals surface area contributed by atoms with Gasteiger partial charge in [0.1, 0.15) is 11.6 Å². The quantitative estimate of drug-likeness (QED) is 0.411. The molecule has 1 rings (SSSR count). The highest BCUT2D eigenvalue weighted by Crippen LogP contribution is 2.18. The maximum atomic E-state index is 11.4. The van der Waals surface area contributed by atoms with Gasteiger partial charge in [0.2, 0.25) is 0 Å². The Hall–Kier alpha value is -1.34. The van der Waals surface area contributed by atoms with Gasteiger partial charge < -0.3 is 9.64 Å². The molecule has 0 bridgehead atoms. The fraction of sp³-hybridized carbons (Fsp3) is 0.667. The van der Waals surface area contributed by atoms with Gasteiger partial charge in [-0.25, -0.2) is 4.79 Å². The van der Waals surface area contributed by atoms with Crippen LogP contribution in [0.3, 0.4) is 0 Å². The topological polar surface area (TPSA) is 53.3 Å². The molecule has 0 unspecified atom stereocenters. The monoisotopic (exact) mass is 222 g/mol. The number of nitrogens with zero attached hydrogens (tertiary/aromatic N) is 2. The minimum Gasteiger partial charge on any atom is -0.462 e.